The molecule has 1 amide bonds. The van der Waals surface area contributed by atoms with Crippen molar-refractivity contribution in [1.82, 2.24) is 15.3 Å². The van der Waals surface area contributed by atoms with E-state index in [1.165, 1.54) is 12.4 Å². The molecule has 0 unspecified atom stereocenters. The van der Waals surface area contributed by atoms with Crippen LogP contribution in [0.2, 0.25) is 0 Å². The van der Waals surface area contributed by atoms with Crippen LogP contribution < -0.4 is 11.1 Å². The van der Waals surface area contributed by atoms with Crippen molar-refractivity contribution in [3.63, 3.8) is 0 Å². The molecule has 6 heteroatoms. The van der Waals surface area contributed by atoms with E-state index in [0.29, 0.717) is 13.0 Å². The Bertz CT molecular complexity index is 552. The van der Waals surface area contributed by atoms with Crippen LogP contribution in [0.15, 0.2) is 36.7 Å². The second kappa shape index (κ2) is 5.81. The van der Waals surface area contributed by atoms with E-state index in [-0.39, 0.29) is 23.2 Å². The molecule has 2 rings (SSSR count). The van der Waals surface area contributed by atoms with Crippen LogP contribution in [0.3, 0.4) is 0 Å². The van der Waals surface area contributed by atoms with Gasteiger partial charge in [0.2, 0.25) is 0 Å². The Hall–Kier alpha value is -2.63. The van der Waals surface area contributed by atoms with Crippen LogP contribution in [0.1, 0.15) is 16.1 Å². The summed E-state index contributed by atoms with van der Waals surface area (Å²) in [6.07, 6.45) is 3.36. The van der Waals surface area contributed by atoms with Crippen molar-refractivity contribution in [1.29, 1.82) is 0 Å². The Kier molecular flexibility index (Phi) is 3.92. The number of anilines is 1. The van der Waals surface area contributed by atoms with Crippen molar-refractivity contribution in [2.45, 2.75) is 6.42 Å². The predicted molar refractivity (Wildman–Crippen MR) is 70.6 cm³/mol. The number of phenols is 1. The minimum absolute atomic E-state index is 0.227. The van der Waals surface area contributed by atoms with E-state index >= 15 is 0 Å². The number of aromatic nitrogens is 2. The molecule has 19 heavy (non-hydrogen) atoms. The molecule has 1 heterocycles. The van der Waals surface area contributed by atoms with Gasteiger partial charge in [-0.15, -0.1) is 0 Å². The molecular weight excluding hydrogens is 244 g/mol. The molecule has 0 radical (unpaired) electrons. The third kappa shape index (κ3) is 3.67. The van der Waals surface area contributed by atoms with Crippen molar-refractivity contribution in [3.8, 4) is 5.75 Å². The lowest BCUT2D eigenvalue weighted by atomic mass is 10.1. The Morgan fingerprint density at radius 1 is 1.21 bits per heavy atom. The van der Waals surface area contributed by atoms with Gasteiger partial charge < -0.3 is 16.2 Å². The van der Waals surface area contributed by atoms with Gasteiger partial charge in [0.15, 0.2) is 0 Å². The number of carbonyl (C=O) groups is 1. The van der Waals surface area contributed by atoms with Gasteiger partial charge in [-0.25, -0.2) is 9.97 Å². The lowest BCUT2D eigenvalue weighted by Crippen LogP contribution is -2.26. The van der Waals surface area contributed by atoms with Gasteiger partial charge in [-0.3, -0.25) is 4.79 Å². The number of nitrogens with two attached hydrogens (primary N) is 1. The summed E-state index contributed by atoms with van der Waals surface area (Å²) in [4.78, 5) is 19.4. The number of nitrogens with one attached hydrogen (secondary N) is 1. The highest BCUT2D eigenvalue weighted by atomic mass is 16.3. The normalized spacial score (nSPS) is 10.1. The van der Waals surface area contributed by atoms with Gasteiger partial charge in [0.05, 0.1) is 12.4 Å². The third-order valence-electron chi connectivity index (χ3n) is 2.54. The van der Waals surface area contributed by atoms with Gasteiger partial charge >= 0.3 is 0 Å². The summed E-state index contributed by atoms with van der Waals surface area (Å²) in [6, 6.07) is 6.85. The number of hydrogen-bond acceptors (Lipinski definition) is 5. The fourth-order valence-corrected chi connectivity index (χ4v) is 1.53. The quantitative estimate of drug-likeness (QED) is 0.750. The zero-order valence-corrected chi connectivity index (χ0v) is 10.2. The number of nitrogen functional groups attached to an aromatic ring is 1. The maximum atomic E-state index is 11.7. The SMILES string of the molecule is Nc1cnc(C(=O)NCCc2ccc(O)cc2)cn1. The first-order chi connectivity index (χ1) is 9.15. The van der Waals surface area contributed by atoms with Crippen molar-refractivity contribution in [3.05, 3.63) is 47.9 Å². The zero-order chi connectivity index (χ0) is 13.7. The zero-order valence-electron chi connectivity index (χ0n) is 10.2. The number of hydrogen-bond donors (Lipinski definition) is 3. The van der Waals surface area contributed by atoms with Gasteiger partial charge in [-0.2, -0.15) is 0 Å². The average molecular weight is 258 g/mol. The molecule has 0 aliphatic heterocycles. The minimum Gasteiger partial charge on any atom is -0.508 e. The van der Waals surface area contributed by atoms with Gasteiger partial charge in [0.25, 0.3) is 5.91 Å². The standard InChI is InChI=1S/C13H14N4O2/c14-12-8-16-11(7-17-12)13(19)15-6-5-9-1-3-10(18)4-2-9/h1-4,7-8,18H,5-6H2,(H2,14,17)(H,15,19). The van der Waals surface area contributed by atoms with Crippen LogP contribution >= 0.6 is 0 Å². The van der Waals surface area contributed by atoms with Gasteiger partial charge in [-0.1, -0.05) is 12.1 Å². The van der Waals surface area contributed by atoms with E-state index in [4.69, 9.17) is 10.8 Å². The molecule has 0 aliphatic carbocycles. The molecule has 1 aromatic carbocycles. The van der Waals surface area contributed by atoms with E-state index in [9.17, 15) is 4.79 Å². The maximum Gasteiger partial charge on any atom is 0.271 e. The van der Waals surface area contributed by atoms with Crippen molar-refractivity contribution < 1.29 is 9.90 Å². The molecule has 98 valence electrons. The van der Waals surface area contributed by atoms with Crippen LogP contribution in [0.25, 0.3) is 0 Å². The lowest BCUT2D eigenvalue weighted by molar-refractivity contribution is 0.0949. The summed E-state index contributed by atoms with van der Waals surface area (Å²) in [5, 5.41) is 11.9. The highest BCUT2D eigenvalue weighted by molar-refractivity contribution is 5.91. The van der Waals surface area contributed by atoms with Crippen LogP contribution in [-0.4, -0.2) is 27.5 Å². The molecule has 0 bridgehead atoms. The second-order valence-corrected chi connectivity index (χ2v) is 4.00. The summed E-state index contributed by atoms with van der Waals surface area (Å²) in [5.74, 6) is 0.219. The highest BCUT2D eigenvalue weighted by Crippen LogP contribution is 2.09. The Balaban J connectivity index is 1.84. The monoisotopic (exact) mass is 258 g/mol. The molecule has 6 nitrogen and oxygen atoms in total. The minimum atomic E-state index is -0.286. The Labute approximate surface area is 110 Å². The Morgan fingerprint density at radius 2 is 1.95 bits per heavy atom. The molecule has 0 atom stereocenters. The van der Waals surface area contributed by atoms with Crippen LogP contribution in [-0.2, 0) is 6.42 Å². The van der Waals surface area contributed by atoms with Crippen LogP contribution in [0, 0.1) is 0 Å². The molecule has 0 aliphatic rings. The number of benzene rings is 1. The number of aromatic hydroxyl groups is 1. The van der Waals surface area contributed by atoms with Crippen molar-refractivity contribution in [2.75, 3.05) is 12.3 Å². The van der Waals surface area contributed by atoms with Crippen LogP contribution in [0.4, 0.5) is 5.82 Å². The molecule has 0 spiro atoms. The number of rotatable bonds is 4. The summed E-state index contributed by atoms with van der Waals surface area (Å²) in [5.41, 5.74) is 6.65. The first-order valence-electron chi connectivity index (χ1n) is 5.79. The van der Waals surface area contributed by atoms with Gasteiger partial charge in [0, 0.05) is 6.54 Å². The largest absolute Gasteiger partial charge is 0.508 e. The lowest BCUT2D eigenvalue weighted by Gasteiger charge is -2.05. The molecule has 1 aromatic heterocycles. The van der Waals surface area contributed by atoms with Gasteiger partial charge in [-0.05, 0) is 24.1 Å². The van der Waals surface area contributed by atoms with Crippen LogP contribution in [0.5, 0.6) is 5.75 Å². The fourth-order valence-electron chi connectivity index (χ4n) is 1.53. The topological polar surface area (TPSA) is 101 Å². The van der Waals surface area contributed by atoms with Gasteiger partial charge in [0.1, 0.15) is 17.3 Å². The highest BCUT2D eigenvalue weighted by Gasteiger charge is 2.06. The smallest absolute Gasteiger partial charge is 0.271 e. The summed E-state index contributed by atoms with van der Waals surface area (Å²) in [7, 11) is 0. The Morgan fingerprint density at radius 3 is 2.58 bits per heavy atom. The first kappa shape index (κ1) is 12.8. The van der Waals surface area contributed by atoms with Crippen molar-refractivity contribution >= 4 is 11.7 Å². The number of nitrogens with zero attached hydrogens (tertiary/aromatic N) is 2. The molecule has 4 N–H and O–H groups in total. The van der Waals surface area contributed by atoms with E-state index < -0.39 is 0 Å². The molecule has 0 saturated carbocycles. The summed E-state index contributed by atoms with van der Waals surface area (Å²) in [6.45, 7) is 0.482. The molecule has 0 fully saturated rings. The molecule has 2 aromatic rings. The van der Waals surface area contributed by atoms with E-state index in [2.05, 4.69) is 15.3 Å². The summed E-state index contributed by atoms with van der Waals surface area (Å²) >= 11 is 0. The summed E-state index contributed by atoms with van der Waals surface area (Å²) < 4.78 is 0. The average Bonchev–Trinajstić information content (AvgIpc) is 2.41. The predicted octanol–water partition coefficient (Wildman–Crippen LogP) is 0.737. The fraction of sp³-hybridized carbons (Fsp3) is 0.154. The molecule has 0 saturated heterocycles. The molecular formula is C13H14N4O2. The third-order valence-corrected chi connectivity index (χ3v) is 2.54. The number of amides is 1. The number of carbonyl (C=O) groups excluding carboxylic acids is 1. The second-order valence-electron chi connectivity index (χ2n) is 4.00. The maximum absolute atomic E-state index is 11.7. The first-order valence-corrected chi connectivity index (χ1v) is 5.79. The van der Waals surface area contributed by atoms with Crippen molar-refractivity contribution in [2.24, 2.45) is 0 Å². The number of phenolic OH excluding ortho intramolecular Hbond substituents is 1. The van der Waals surface area contributed by atoms with E-state index in [1.54, 1.807) is 12.1 Å². The van der Waals surface area contributed by atoms with E-state index in [1.807, 2.05) is 12.1 Å². The van der Waals surface area contributed by atoms with E-state index in [0.717, 1.165) is 5.56 Å².